The molecular formula is C22H24N2O. The number of carbonyl (C=O) groups excluding carboxylic acids is 1. The molecule has 0 spiro atoms. The first kappa shape index (κ1) is 17.2. The van der Waals surface area contributed by atoms with Crippen LogP contribution < -0.4 is 5.32 Å². The number of amides is 1. The fourth-order valence-corrected chi connectivity index (χ4v) is 3.01. The second-order valence-electron chi connectivity index (χ2n) is 6.67. The summed E-state index contributed by atoms with van der Waals surface area (Å²) in [6.07, 6.45) is 0.901. The van der Waals surface area contributed by atoms with E-state index in [2.05, 4.69) is 44.3 Å². The van der Waals surface area contributed by atoms with Crippen LogP contribution in [0.25, 0.3) is 22.2 Å². The Morgan fingerprint density at radius 3 is 2.60 bits per heavy atom. The van der Waals surface area contributed by atoms with E-state index in [9.17, 15) is 4.79 Å². The van der Waals surface area contributed by atoms with E-state index in [1.54, 1.807) is 0 Å². The van der Waals surface area contributed by atoms with Gasteiger partial charge in [-0.15, -0.1) is 0 Å². The molecule has 0 aliphatic carbocycles. The summed E-state index contributed by atoms with van der Waals surface area (Å²) in [5.41, 5.74) is 5.81. The fraction of sp³-hybridized carbons (Fsp3) is 0.273. The number of hydrogen-bond donors (Lipinski definition) is 1. The van der Waals surface area contributed by atoms with Crippen molar-refractivity contribution in [1.82, 2.24) is 10.3 Å². The van der Waals surface area contributed by atoms with Crippen LogP contribution in [0, 0.1) is 13.8 Å². The Kier molecular flexibility index (Phi) is 4.84. The number of para-hydroxylation sites is 1. The molecular weight excluding hydrogens is 308 g/mol. The molecule has 0 radical (unpaired) electrons. The van der Waals surface area contributed by atoms with E-state index < -0.39 is 0 Å². The molecule has 0 saturated heterocycles. The number of pyridine rings is 1. The van der Waals surface area contributed by atoms with Gasteiger partial charge in [0.15, 0.2) is 0 Å². The van der Waals surface area contributed by atoms with Crippen molar-refractivity contribution in [2.24, 2.45) is 0 Å². The van der Waals surface area contributed by atoms with Crippen LogP contribution in [0.4, 0.5) is 0 Å². The summed E-state index contributed by atoms with van der Waals surface area (Å²) in [7, 11) is 0. The van der Waals surface area contributed by atoms with Crippen molar-refractivity contribution in [1.29, 1.82) is 0 Å². The molecule has 1 atom stereocenters. The zero-order valence-corrected chi connectivity index (χ0v) is 15.3. The first-order chi connectivity index (χ1) is 12.0. The number of nitrogens with zero attached hydrogens (tertiary/aromatic N) is 1. The fourth-order valence-electron chi connectivity index (χ4n) is 3.01. The maximum Gasteiger partial charge on any atom is 0.252 e. The van der Waals surface area contributed by atoms with Crippen LogP contribution in [0.3, 0.4) is 0 Å². The van der Waals surface area contributed by atoms with E-state index in [4.69, 9.17) is 4.98 Å². The number of aryl methyl sites for hydroxylation is 2. The molecule has 25 heavy (non-hydrogen) atoms. The number of nitrogens with one attached hydrogen (secondary N) is 1. The molecule has 3 rings (SSSR count). The highest BCUT2D eigenvalue weighted by Gasteiger charge is 2.16. The SMILES string of the molecule is CCC(C)NC(=O)c1cc(-c2ccc(C)cc2C)nc2ccccc12. The summed E-state index contributed by atoms with van der Waals surface area (Å²) in [6, 6.07) is 16.2. The molecule has 3 nitrogen and oxygen atoms in total. The van der Waals surface area contributed by atoms with Gasteiger partial charge in [0.1, 0.15) is 0 Å². The third kappa shape index (κ3) is 3.55. The average Bonchev–Trinajstić information content (AvgIpc) is 2.60. The molecule has 3 aromatic rings. The third-order valence-corrected chi connectivity index (χ3v) is 4.61. The van der Waals surface area contributed by atoms with Gasteiger partial charge in [0, 0.05) is 17.0 Å². The van der Waals surface area contributed by atoms with Crippen LogP contribution in [-0.4, -0.2) is 16.9 Å². The van der Waals surface area contributed by atoms with Gasteiger partial charge in [-0.1, -0.05) is 48.9 Å². The molecule has 0 bridgehead atoms. The minimum Gasteiger partial charge on any atom is -0.350 e. The smallest absolute Gasteiger partial charge is 0.252 e. The summed E-state index contributed by atoms with van der Waals surface area (Å²) >= 11 is 0. The van der Waals surface area contributed by atoms with E-state index >= 15 is 0 Å². The molecule has 1 aromatic heterocycles. The lowest BCUT2D eigenvalue weighted by Gasteiger charge is -2.15. The summed E-state index contributed by atoms with van der Waals surface area (Å²) in [4.78, 5) is 17.6. The molecule has 128 valence electrons. The van der Waals surface area contributed by atoms with E-state index in [-0.39, 0.29) is 11.9 Å². The largest absolute Gasteiger partial charge is 0.350 e. The Labute approximate surface area is 149 Å². The van der Waals surface area contributed by atoms with Crippen molar-refractivity contribution in [3.05, 3.63) is 65.2 Å². The third-order valence-electron chi connectivity index (χ3n) is 4.61. The van der Waals surface area contributed by atoms with Crippen LogP contribution in [0.2, 0.25) is 0 Å². The Hall–Kier alpha value is -2.68. The Morgan fingerprint density at radius 2 is 1.88 bits per heavy atom. The lowest BCUT2D eigenvalue weighted by Crippen LogP contribution is -2.32. The zero-order chi connectivity index (χ0) is 18.0. The van der Waals surface area contributed by atoms with Crippen molar-refractivity contribution < 1.29 is 4.79 Å². The van der Waals surface area contributed by atoms with Crippen molar-refractivity contribution >= 4 is 16.8 Å². The van der Waals surface area contributed by atoms with Crippen LogP contribution >= 0.6 is 0 Å². The van der Waals surface area contributed by atoms with E-state index in [1.165, 1.54) is 5.56 Å². The first-order valence-electron chi connectivity index (χ1n) is 8.78. The zero-order valence-electron chi connectivity index (χ0n) is 15.3. The Morgan fingerprint density at radius 1 is 1.12 bits per heavy atom. The normalized spacial score (nSPS) is 12.2. The van der Waals surface area contributed by atoms with Gasteiger partial charge < -0.3 is 5.32 Å². The lowest BCUT2D eigenvalue weighted by molar-refractivity contribution is 0.0941. The number of carbonyl (C=O) groups is 1. The van der Waals surface area contributed by atoms with Gasteiger partial charge in [0.2, 0.25) is 0 Å². The molecule has 0 fully saturated rings. The predicted molar refractivity (Wildman–Crippen MR) is 104 cm³/mol. The first-order valence-corrected chi connectivity index (χ1v) is 8.78. The number of benzene rings is 2. The van der Waals surface area contributed by atoms with Crippen molar-refractivity contribution in [3.63, 3.8) is 0 Å². The highest BCUT2D eigenvalue weighted by atomic mass is 16.1. The number of hydrogen-bond acceptors (Lipinski definition) is 2. The number of aromatic nitrogens is 1. The van der Waals surface area contributed by atoms with Gasteiger partial charge in [-0.2, -0.15) is 0 Å². The van der Waals surface area contributed by atoms with Crippen LogP contribution in [0.15, 0.2) is 48.5 Å². The summed E-state index contributed by atoms with van der Waals surface area (Å²) in [5, 5.41) is 3.96. The maximum absolute atomic E-state index is 12.8. The van der Waals surface area contributed by atoms with E-state index in [0.717, 1.165) is 34.1 Å². The molecule has 0 aliphatic heterocycles. The molecule has 0 aliphatic rings. The summed E-state index contributed by atoms with van der Waals surface area (Å²) < 4.78 is 0. The standard InChI is InChI=1S/C22H24N2O/c1-5-16(4)23-22(25)19-13-21(17-11-10-14(2)12-15(17)3)24-20-9-7-6-8-18(19)20/h6-13,16H,5H2,1-4H3,(H,23,25). The molecule has 1 heterocycles. The van der Waals surface area contributed by atoms with Crippen molar-refractivity contribution in [2.75, 3.05) is 0 Å². The highest BCUT2D eigenvalue weighted by molar-refractivity contribution is 6.07. The van der Waals surface area contributed by atoms with E-state index in [1.807, 2.05) is 37.3 Å². The van der Waals surface area contributed by atoms with Gasteiger partial charge in [0.05, 0.1) is 16.8 Å². The minimum absolute atomic E-state index is 0.0426. The predicted octanol–water partition coefficient (Wildman–Crippen LogP) is 5.05. The summed E-state index contributed by atoms with van der Waals surface area (Å²) in [6.45, 7) is 8.25. The second-order valence-corrected chi connectivity index (χ2v) is 6.67. The van der Waals surface area contributed by atoms with Gasteiger partial charge in [-0.3, -0.25) is 4.79 Å². The average molecular weight is 332 g/mol. The van der Waals surface area contributed by atoms with Gasteiger partial charge in [-0.25, -0.2) is 4.98 Å². The molecule has 1 N–H and O–H groups in total. The van der Waals surface area contributed by atoms with Crippen LogP contribution in [0.5, 0.6) is 0 Å². The molecule has 3 heteroatoms. The minimum atomic E-state index is -0.0426. The molecule has 1 unspecified atom stereocenters. The van der Waals surface area contributed by atoms with E-state index in [0.29, 0.717) is 5.56 Å². The Balaban J connectivity index is 2.17. The Bertz CT molecular complexity index is 930. The molecule has 1 amide bonds. The second kappa shape index (κ2) is 7.06. The van der Waals surface area contributed by atoms with Crippen molar-refractivity contribution in [3.8, 4) is 11.3 Å². The van der Waals surface area contributed by atoms with Crippen LogP contribution in [-0.2, 0) is 0 Å². The topological polar surface area (TPSA) is 42.0 Å². The van der Waals surface area contributed by atoms with Gasteiger partial charge >= 0.3 is 0 Å². The van der Waals surface area contributed by atoms with Gasteiger partial charge in [0.25, 0.3) is 5.91 Å². The highest BCUT2D eigenvalue weighted by Crippen LogP contribution is 2.27. The number of rotatable bonds is 4. The number of fused-ring (bicyclic) bond motifs is 1. The maximum atomic E-state index is 12.8. The quantitative estimate of drug-likeness (QED) is 0.726. The monoisotopic (exact) mass is 332 g/mol. The molecule has 2 aromatic carbocycles. The van der Waals surface area contributed by atoms with Gasteiger partial charge in [-0.05, 0) is 44.9 Å². The lowest BCUT2D eigenvalue weighted by atomic mass is 9.99. The van der Waals surface area contributed by atoms with Crippen molar-refractivity contribution in [2.45, 2.75) is 40.2 Å². The summed E-state index contributed by atoms with van der Waals surface area (Å²) in [5.74, 6) is -0.0426. The van der Waals surface area contributed by atoms with Crippen LogP contribution in [0.1, 0.15) is 41.8 Å². The molecule has 0 saturated carbocycles.